The van der Waals surface area contributed by atoms with Gasteiger partial charge in [0.25, 0.3) is 5.91 Å². The summed E-state index contributed by atoms with van der Waals surface area (Å²) >= 11 is 0. The number of methoxy groups -OCH3 is 1. The number of nitrogens with zero attached hydrogens (tertiary/aromatic N) is 2. The maximum absolute atomic E-state index is 15.1. The van der Waals surface area contributed by atoms with Crippen molar-refractivity contribution in [2.24, 2.45) is 5.92 Å². The van der Waals surface area contributed by atoms with Crippen LogP contribution < -0.4 is 15.4 Å². The summed E-state index contributed by atoms with van der Waals surface area (Å²) in [5.74, 6) is -3.57. The van der Waals surface area contributed by atoms with Gasteiger partial charge in [0.1, 0.15) is 29.0 Å². The molecule has 0 bridgehead atoms. The molecule has 1 aromatic heterocycles. The lowest BCUT2D eigenvalue weighted by Gasteiger charge is -2.32. The van der Waals surface area contributed by atoms with Gasteiger partial charge >= 0.3 is 12.5 Å². The minimum atomic E-state index is -5.08. The van der Waals surface area contributed by atoms with E-state index in [2.05, 4.69) is 15.4 Å². The van der Waals surface area contributed by atoms with E-state index in [0.29, 0.717) is 24.0 Å². The van der Waals surface area contributed by atoms with Crippen molar-refractivity contribution in [3.05, 3.63) is 64.9 Å². The fraction of sp³-hybridized carbons (Fsp3) is 0.514. The molecule has 2 heterocycles. The number of ether oxygens (including phenoxy) is 3. The zero-order valence-electron chi connectivity index (χ0n) is 28.9. The average molecular weight is 711 g/mol. The number of benzene rings is 2. The van der Waals surface area contributed by atoms with Crippen molar-refractivity contribution < 1.29 is 50.5 Å². The number of fused-ring (bicyclic) bond motifs is 1. The molecule has 50 heavy (non-hydrogen) atoms. The van der Waals surface area contributed by atoms with Crippen LogP contribution in [0.5, 0.6) is 5.75 Å². The molecule has 10 nitrogen and oxygen atoms in total. The third kappa shape index (κ3) is 9.64. The van der Waals surface area contributed by atoms with E-state index >= 15 is 4.39 Å². The fourth-order valence-corrected chi connectivity index (χ4v) is 5.96. The van der Waals surface area contributed by atoms with E-state index in [1.165, 1.54) is 28.8 Å². The zero-order valence-corrected chi connectivity index (χ0v) is 28.9. The first-order chi connectivity index (χ1) is 23.4. The summed E-state index contributed by atoms with van der Waals surface area (Å²) in [5.41, 5.74) is -0.0903. The Morgan fingerprint density at radius 3 is 2.26 bits per heavy atom. The molecule has 0 radical (unpaired) electrons. The Morgan fingerprint density at radius 2 is 1.66 bits per heavy atom. The smallest absolute Gasteiger partial charge is 0.444 e. The molecule has 1 atom stereocenters. The molecular formula is C35H43F5N4O6. The predicted molar refractivity (Wildman–Crippen MR) is 175 cm³/mol. The topological polar surface area (TPSA) is 111 Å². The van der Waals surface area contributed by atoms with Crippen LogP contribution in [0.4, 0.5) is 26.7 Å². The quantitative estimate of drug-likeness (QED) is 0.216. The first-order valence-corrected chi connectivity index (χ1v) is 16.3. The van der Waals surface area contributed by atoms with Gasteiger partial charge in [0, 0.05) is 39.5 Å². The number of carbonyl (C=O) groups excluding carboxylic acids is 3. The summed E-state index contributed by atoms with van der Waals surface area (Å²) in [6, 6.07) is 5.32. The fourth-order valence-electron chi connectivity index (χ4n) is 5.96. The number of halogens is 5. The van der Waals surface area contributed by atoms with Crippen LogP contribution in [0.1, 0.15) is 74.9 Å². The van der Waals surface area contributed by atoms with E-state index in [1.807, 2.05) is 0 Å². The van der Waals surface area contributed by atoms with Crippen LogP contribution in [0.3, 0.4) is 0 Å². The molecule has 1 aliphatic heterocycles. The molecule has 3 aromatic rings. The lowest BCUT2D eigenvalue weighted by Crippen LogP contribution is -2.50. The van der Waals surface area contributed by atoms with Crippen molar-refractivity contribution in [1.29, 1.82) is 0 Å². The highest BCUT2D eigenvalue weighted by molar-refractivity contribution is 6.09. The second kappa shape index (κ2) is 15.7. The monoisotopic (exact) mass is 710 g/mol. The number of nitrogens with one attached hydrogen (secondary N) is 2. The van der Waals surface area contributed by atoms with Crippen LogP contribution in [-0.4, -0.2) is 72.2 Å². The molecule has 0 saturated carbocycles. The van der Waals surface area contributed by atoms with Crippen molar-refractivity contribution >= 4 is 28.8 Å². The number of piperidine rings is 1. The summed E-state index contributed by atoms with van der Waals surface area (Å²) in [4.78, 5) is 40.5. The van der Waals surface area contributed by atoms with Gasteiger partial charge in [-0.2, -0.15) is 0 Å². The van der Waals surface area contributed by atoms with Gasteiger partial charge in [-0.3, -0.25) is 9.59 Å². The summed E-state index contributed by atoms with van der Waals surface area (Å²) in [5, 5.41) is 5.08. The minimum absolute atomic E-state index is 0.0642. The maximum Gasteiger partial charge on any atom is 0.573 e. The van der Waals surface area contributed by atoms with E-state index in [9.17, 15) is 31.9 Å². The van der Waals surface area contributed by atoms with Crippen molar-refractivity contribution in [1.82, 2.24) is 20.1 Å². The van der Waals surface area contributed by atoms with Crippen LogP contribution in [0.25, 0.3) is 10.9 Å². The number of amides is 3. The molecule has 4 rings (SSSR count). The first kappa shape index (κ1) is 38.4. The Morgan fingerprint density at radius 1 is 1.00 bits per heavy atom. The standard InChI is InChI=1S/C35H43F5N4O6/c1-20(2)29(42-33(47)50-34(3,4)5)31(45)41-18-21-7-8-25(36)23(17-21)22-11-13-43(14-12-22)32(46)24-19-44(15-16-48-6)30-26(37)9-10-27(28(24)30)49-35(38,39)40/h7-10,17,19-20,22,29H,11-16,18H2,1-6H3,(H,41,45)(H,42,47)/t29-/m0/s1. The third-order valence-corrected chi connectivity index (χ3v) is 8.29. The average Bonchev–Trinajstić information content (AvgIpc) is 3.42. The van der Waals surface area contributed by atoms with Crippen LogP contribution in [0.2, 0.25) is 0 Å². The molecule has 15 heteroatoms. The van der Waals surface area contributed by atoms with Gasteiger partial charge in [-0.05, 0) is 74.8 Å². The normalized spacial score (nSPS) is 14.9. The number of hydrogen-bond acceptors (Lipinski definition) is 6. The molecule has 2 N–H and O–H groups in total. The van der Waals surface area contributed by atoms with Gasteiger partial charge in [-0.15, -0.1) is 13.2 Å². The molecule has 1 fully saturated rings. The first-order valence-electron chi connectivity index (χ1n) is 16.3. The molecule has 0 unspecified atom stereocenters. The number of rotatable bonds is 11. The highest BCUT2D eigenvalue weighted by atomic mass is 19.4. The molecule has 1 aliphatic rings. The Kier molecular flexibility index (Phi) is 12.0. The van der Waals surface area contributed by atoms with Crippen molar-refractivity contribution in [3.63, 3.8) is 0 Å². The second-order valence-corrected chi connectivity index (χ2v) is 13.6. The lowest BCUT2D eigenvalue weighted by molar-refractivity contribution is -0.274. The number of aromatic nitrogens is 1. The second-order valence-electron chi connectivity index (χ2n) is 13.6. The molecule has 0 aliphatic carbocycles. The maximum atomic E-state index is 15.1. The molecule has 1 saturated heterocycles. The highest BCUT2D eigenvalue weighted by Crippen LogP contribution is 2.38. The highest BCUT2D eigenvalue weighted by Gasteiger charge is 2.35. The third-order valence-electron chi connectivity index (χ3n) is 8.29. The SMILES string of the molecule is COCCn1cc(C(=O)N2CCC(c3cc(CNC(=O)[C@@H](NC(=O)OC(C)(C)C)C(C)C)ccc3F)CC2)c2c(OC(F)(F)F)ccc(F)c21. The largest absolute Gasteiger partial charge is 0.573 e. The van der Waals surface area contributed by atoms with E-state index in [-0.39, 0.29) is 61.1 Å². The Labute approximate surface area is 287 Å². The number of alkyl halides is 3. The van der Waals surface area contributed by atoms with Gasteiger partial charge < -0.3 is 34.3 Å². The van der Waals surface area contributed by atoms with E-state index < -0.39 is 53.3 Å². The zero-order chi connectivity index (χ0) is 37.0. The molecule has 3 amide bonds. The van der Waals surface area contributed by atoms with Gasteiger partial charge in [0.2, 0.25) is 5.91 Å². The minimum Gasteiger partial charge on any atom is -0.444 e. The molecule has 0 spiro atoms. The summed E-state index contributed by atoms with van der Waals surface area (Å²) in [6.07, 6.45) is -3.81. The Hall–Kier alpha value is -4.40. The number of carbonyl (C=O) groups is 3. The van der Waals surface area contributed by atoms with Crippen LogP contribution in [-0.2, 0) is 27.4 Å². The van der Waals surface area contributed by atoms with Crippen LogP contribution >= 0.6 is 0 Å². The van der Waals surface area contributed by atoms with E-state index in [0.717, 1.165) is 12.1 Å². The van der Waals surface area contributed by atoms with Gasteiger partial charge in [0.15, 0.2) is 0 Å². The van der Waals surface area contributed by atoms with E-state index in [4.69, 9.17) is 9.47 Å². The summed E-state index contributed by atoms with van der Waals surface area (Å²) < 4.78 is 85.7. The van der Waals surface area contributed by atoms with Gasteiger partial charge in [0.05, 0.1) is 23.1 Å². The van der Waals surface area contributed by atoms with Crippen LogP contribution in [0, 0.1) is 17.6 Å². The molecule has 274 valence electrons. The predicted octanol–water partition coefficient (Wildman–Crippen LogP) is 6.65. The van der Waals surface area contributed by atoms with E-state index in [1.54, 1.807) is 46.8 Å². The molecular weight excluding hydrogens is 667 g/mol. The summed E-state index contributed by atoms with van der Waals surface area (Å²) in [6.45, 7) is 9.26. The molecule has 2 aromatic carbocycles. The Balaban J connectivity index is 1.47. The number of hydrogen-bond donors (Lipinski definition) is 2. The summed E-state index contributed by atoms with van der Waals surface area (Å²) in [7, 11) is 1.42. The van der Waals surface area contributed by atoms with Gasteiger partial charge in [-0.25, -0.2) is 13.6 Å². The number of alkyl carbamates (subject to hydrolysis) is 1. The Bertz CT molecular complexity index is 1690. The van der Waals surface area contributed by atoms with Crippen molar-refractivity contribution in [2.75, 3.05) is 26.8 Å². The van der Waals surface area contributed by atoms with Crippen molar-refractivity contribution in [3.8, 4) is 5.75 Å². The van der Waals surface area contributed by atoms with Crippen LogP contribution in [0.15, 0.2) is 36.5 Å². The van der Waals surface area contributed by atoms with Crippen molar-refractivity contribution in [2.45, 2.75) is 84.5 Å². The van der Waals surface area contributed by atoms with Gasteiger partial charge in [-0.1, -0.05) is 26.0 Å². The number of likely N-dealkylation sites (tertiary alicyclic amines) is 1. The lowest BCUT2D eigenvalue weighted by atomic mass is 9.88.